The Kier molecular flexibility index (Phi) is 22.6. The molecule has 69 heavy (non-hydrogen) atoms. The van der Waals surface area contributed by atoms with Crippen LogP contribution in [0.1, 0.15) is 119 Å². The van der Waals surface area contributed by atoms with Crippen molar-refractivity contribution in [1.29, 1.82) is 0 Å². The van der Waals surface area contributed by atoms with Gasteiger partial charge in [-0.2, -0.15) is 0 Å². The number of nitro groups is 1. The quantitative estimate of drug-likeness (QED) is 0.0108. The second-order valence-corrected chi connectivity index (χ2v) is 17.6. The Bertz CT molecular complexity index is 2090. The number of carbonyl (C=O) groups is 7. The normalized spacial score (nSPS) is 16.9. The SMILES string of the molecule is COC(=O)[C@@H](NC(=O)[C@H](CCCCNC(=O)[C@@H](N)CC(C)C)NC(=O)[C@@H]1CCCN1C(=O)[C@H](CCCN=C(N)N[N+](=O)[O-])NC(=O)CC/C(C)=C/Cc1c(O)c2c(c(C)c1OC)COC2=O)[C@@H](C)O. The maximum atomic E-state index is 14.3. The van der Waals surface area contributed by atoms with Crippen molar-refractivity contribution in [2.75, 3.05) is 33.9 Å². The fourth-order valence-corrected chi connectivity index (χ4v) is 8.09. The van der Waals surface area contributed by atoms with Crippen molar-refractivity contribution in [3.8, 4) is 11.5 Å². The number of cyclic esters (lactones) is 1. The summed E-state index contributed by atoms with van der Waals surface area (Å²) in [6, 6.07) is -5.66. The number of nitrogens with one attached hydrogen (secondary N) is 5. The van der Waals surface area contributed by atoms with Crippen LogP contribution in [-0.4, -0.2) is 138 Å². The zero-order valence-corrected chi connectivity index (χ0v) is 40.5. The Hall–Kier alpha value is -6.56. The molecule has 11 N–H and O–H groups in total. The third-order valence-corrected chi connectivity index (χ3v) is 11.8. The number of allylic oxidation sites excluding steroid dienone is 2. The Morgan fingerprint density at radius 2 is 1.72 bits per heavy atom. The average molecular weight is 975 g/mol. The Labute approximate surface area is 401 Å². The molecule has 24 nitrogen and oxygen atoms in total. The van der Waals surface area contributed by atoms with Gasteiger partial charge >= 0.3 is 11.9 Å². The van der Waals surface area contributed by atoms with Crippen molar-refractivity contribution in [3.63, 3.8) is 0 Å². The van der Waals surface area contributed by atoms with Gasteiger partial charge in [-0.05, 0) is 96.5 Å². The molecule has 1 saturated heterocycles. The molecule has 0 saturated carbocycles. The number of guanidine groups is 1. The fraction of sp³-hybridized carbons (Fsp3) is 0.644. The largest absolute Gasteiger partial charge is 0.507 e. The lowest BCUT2D eigenvalue weighted by molar-refractivity contribution is -0.525. The highest BCUT2D eigenvalue weighted by atomic mass is 16.7. The van der Waals surface area contributed by atoms with Crippen molar-refractivity contribution in [1.82, 2.24) is 31.6 Å². The van der Waals surface area contributed by atoms with Crippen LogP contribution >= 0.6 is 0 Å². The van der Waals surface area contributed by atoms with Crippen LogP contribution in [0.2, 0.25) is 0 Å². The molecule has 0 bridgehead atoms. The first-order valence-corrected chi connectivity index (χ1v) is 23.1. The molecule has 384 valence electrons. The number of hydrogen-bond donors (Lipinski definition) is 9. The van der Waals surface area contributed by atoms with Crippen molar-refractivity contribution >= 4 is 47.4 Å². The molecular formula is C45H70N10O14. The number of unbranched alkanes of at least 4 members (excludes halogenated alkanes) is 1. The van der Waals surface area contributed by atoms with E-state index in [1.807, 2.05) is 13.8 Å². The number of ether oxygens (including phenoxy) is 3. The molecule has 24 heteroatoms. The minimum Gasteiger partial charge on any atom is -0.507 e. The number of aliphatic hydroxyl groups excluding tert-OH is 1. The zero-order valence-electron chi connectivity index (χ0n) is 40.5. The number of methoxy groups -OCH3 is 2. The standard InChI is InChI=1S/C45H70N10O14/c1-24(2)22-30(46)39(59)48-19-9-8-12-31(40(60)52-36(27(5)56)44(64)68-7)51-41(61)33-14-11-21-54(33)42(62)32(13-10-20-49-45(47)53-55(65)66)50-34(57)18-16-25(3)15-17-28-37(58)35-29(23-69-43(35)63)26(4)38(28)67-6/h15,24,27,30-33,36,56,58H,8-14,16-23,46H2,1-7H3,(H,48,59)(H,50,57)(H,51,61)(H,52,60)(H3,47,49,53)/b25-15+/t27-,30+,31+,32+,33+,36+/m1/s1. The number of phenols is 1. The van der Waals surface area contributed by atoms with Crippen LogP contribution in [0.25, 0.3) is 0 Å². The molecule has 0 aromatic heterocycles. The van der Waals surface area contributed by atoms with E-state index in [9.17, 15) is 53.9 Å². The number of nitrogens with zero attached hydrogens (tertiary/aromatic N) is 3. The lowest BCUT2D eigenvalue weighted by Crippen LogP contribution is -2.58. The number of hydrazine groups is 1. The number of likely N-dealkylation sites (tertiary alicyclic amines) is 1. The smallest absolute Gasteiger partial charge is 0.342 e. The van der Waals surface area contributed by atoms with Gasteiger partial charge in [-0.1, -0.05) is 30.9 Å². The second kappa shape index (κ2) is 27.4. The van der Waals surface area contributed by atoms with Crippen LogP contribution in [-0.2, 0) is 51.3 Å². The third-order valence-electron chi connectivity index (χ3n) is 11.8. The molecule has 2 heterocycles. The molecule has 0 unspecified atom stereocenters. The molecule has 5 amide bonds. The van der Waals surface area contributed by atoms with E-state index in [0.29, 0.717) is 48.1 Å². The van der Waals surface area contributed by atoms with Crippen LogP contribution in [0.4, 0.5) is 0 Å². The lowest BCUT2D eigenvalue weighted by atomic mass is 9.94. The molecular weight excluding hydrogens is 905 g/mol. The summed E-state index contributed by atoms with van der Waals surface area (Å²) in [5, 5.41) is 41.8. The van der Waals surface area contributed by atoms with Gasteiger partial charge in [0, 0.05) is 37.2 Å². The number of aliphatic imine (C=N–C) groups is 1. The predicted molar refractivity (Wildman–Crippen MR) is 250 cm³/mol. The zero-order chi connectivity index (χ0) is 51.5. The molecule has 1 aromatic rings. The van der Waals surface area contributed by atoms with Gasteiger partial charge in [0.15, 0.2) is 11.1 Å². The van der Waals surface area contributed by atoms with Crippen molar-refractivity contribution in [2.45, 2.75) is 148 Å². The average Bonchev–Trinajstić information content (AvgIpc) is 3.95. The number of benzene rings is 1. The highest BCUT2D eigenvalue weighted by molar-refractivity contribution is 5.98. The first-order valence-electron chi connectivity index (χ1n) is 23.1. The summed E-state index contributed by atoms with van der Waals surface area (Å²) in [6.45, 7) is 9.04. The Morgan fingerprint density at radius 1 is 1.03 bits per heavy atom. The molecule has 3 rings (SSSR count). The van der Waals surface area contributed by atoms with Crippen molar-refractivity contribution in [2.24, 2.45) is 22.4 Å². The van der Waals surface area contributed by atoms with Crippen molar-refractivity contribution < 1.29 is 63.0 Å². The Morgan fingerprint density at radius 3 is 2.36 bits per heavy atom. The summed E-state index contributed by atoms with van der Waals surface area (Å²) < 4.78 is 15.4. The van der Waals surface area contributed by atoms with Crippen LogP contribution in [0.3, 0.4) is 0 Å². The highest BCUT2D eigenvalue weighted by Crippen LogP contribution is 2.42. The number of nitrogens with two attached hydrogens (primary N) is 2. The number of aromatic hydroxyl groups is 1. The highest BCUT2D eigenvalue weighted by Gasteiger charge is 2.40. The van der Waals surface area contributed by atoms with E-state index in [4.69, 9.17) is 25.7 Å². The van der Waals surface area contributed by atoms with Crippen LogP contribution < -0.4 is 42.9 Å². The van der Waals surface area contributed by atoms with E-state index < -0.39 is 82.9 Å². The third kappa shape index (κ3) is 16.9. The summed E-state index contributed by atoms with van der Waals surface area (Å²) in [4.78, 5) is 109. The molecule has 1 fully saturated rings. The minimum absolute atomic E-state index is 0.00311. The van der Waals surface area contributed by atoms with Gasteiger partial charge < -0.3 is 62.1 Å². The lowest BCUT2D eigenvalue weighted by Gasteiger charge is -2.30. The van der Waals surface area contributed by atoms with E-state index in [-0.39, 0.29) is 94.3 Å². The van der Waals surface area contributed by atoms with Crippen LogP contribution in [0.5, 0.6) is 11.5 Å². The molecule has 2 aliphatic rings. The first-order chi connectivity index (χ1) is 32.6. The second-order valence-electron chi connectivity index (χ2n) is 17.6. The minimum atomic E-state index is -1.46. The number of rotatable bonds is 27. The van der Waals surface area contributed by atoms with Crippen LogP contribution in [0.15, 0.2) is 16.6 Å². The van der Waals surface area contributed by atoms with Gasteiger partial charge in [-0.25, -0.2) is 24.7 Å². The molecule has 6 atom stereocenters. The monoisotopic (exact) mass is 975 g/mol. The van der Waals surface area contributed by atoms with E-state index in [1.54, 1.807) is 25.3 Å². The van der Waals surface area contributed by atoms with Crippen molar-refractivity contribution in [3.05, 3.63) is 44.0 Å². The van der Waals surface area contributed by atoms with Gasteiger partial charge in [-0.3, -0.25) is 24.0 Å². The number of amides is 5. The summed E-state index contributed by atoms with van der Waals surface area (Å²) in [6.07, 6.45) is 2.73. The summed E-state index contributed by atoms with van der Waals surface area (Å²) in [5.41, 5.74) is 15.7. The van der Waals surface area contributed by atoms with E-state index in [2.05, 4.69) is 26.3 Å². The van der Waals surface area contributed by atoms with Crippen LogP contribution in [0, 0.1) is 23.0 Å². The molecule has 2 aliphatic heterocycles. The fourth-order valence-electron chi connectivity index (χ4n) is 8.09. The van der Waals surface area contributed by atoms with E-state index >= 15 is 0 Å². The summed E-state index contributed by atoms with van der Waals surface area (Å²) in [5.74, 6) is -4.57. The molecule has 0 radical (unpaired) electrons. The van der Waals surface area contributed by atoms with Gasteiger partial charge in [0.2, 0.25) is 29.5 Å². The Balaban J connectivity index is 1.78. The topological polar surface area (TPSA) is 359 Å². The maximum absolute atomic E-state index is 14.3. The number of phenolic OH excluding ortho intramolecular Hbond substituents is 1. The number of aliphatic hydroxyl groups is 1. The maximum Gasteiger partial charge on any atom is 0.342 e. The summed E-state index contributed by atoms with van der Waals surface area (Å²) >= 11 is 0. The summed E-state index contributed by atoms with van der Waals surface area (Å²) in [7, 11) is 2.54. The van der Waals surface area contributed by atoms with Gasteiger partial charge in [0.25, 0.3) is 5.96 Å². The number of carbonyl (C=O) groups excluding carboxylic acids is 7. The van der Waals surface area contributed by atoms with E-state index in [1.165, 1.54) is 18.9 Å². The molecule has 0 spiro atoms. The molecule has 1 aromatic carbocycles. The molecule has 0 aliphatic carbocycles. The van der Waals surface area contributed by atoms with Gasteiger partial charge in [0.1, 0.15) is 41.8 Å². The predicted octanol–water partition coefficient (Wildman–Crippen LogP) is 0.184. The number of esters is 2. The number of hydrogen-bond acceptors (Lipinski definition) is 16. The number of fused-ring (bicyclic) bond motifs is 1. The van der Waals surface area contributed by atoms with Gasteiger partial charge in [-0.15, -0.1) is 0 Å². The van der Waals surface area contributed by atoms with Gasteiger partial charge in [0.05, 0.1) is 26.4 Å². The van der Waals surface area contributed by atoms with E-state index in [0.717, 1.165) is 12.7 Å². The first kappa shape index (κ1) is 56.8.